The molecule has 0 aliphatic rings. The standard InChI is InChI=1S/C18H19N3O4S/c1-12-11-17(13(2)10-16(12)25-3)26(23,24)20-14-4-6-15(7-5-14)21-9-8-19-18(21)22/h4-11,20H,1-3H3,(H,19,22). The van der Waals surface area contributed by atoms with E-state index >= 15 is 0 Å². The van der Waals surface area contributed by atoms with E-state index in [1.54, 1.807) is 63.6 Å². The molecule has 0 atom stereocenters. The van der Waals surface area contributed by atoms with Crippen molar-refractivity contribution in [3.05, 3.63) is 70.4 Å². The van der Waals surface area contributed by atoms with Crippen LogP contribution in [0.2, 0.25) is 0 Å². The number of imidazole rings is 1. The molecule has 0 spiro atoms. The molecule has 0 fully saturated rings. The van der Waals surface area contributed by atoms with E-state index in [-0.39, 0.29) is 10.6 Å². The van der Waals surface area contributed by atoms with Crippen molar-refractivity contribution in [1.82, 2.24) is 9.55 Å². The molecule has 3 rings (SSSR count). The Morgan fingerprint density at radius 2 is 1.77 bits per heavy atom. The van der Waals surface area contributed by atoms with Crippen LogP contribution in [0.3, 0.4) is 0 Å². The number of hydrogen-bond acceptors (Lipinski definition) is 4. The fourth-order valence-corrected chi connectivity index (χ4v) is 4.07. The lowest BCUT2D eigenvalue weighted by Crippen LogP contribution is -2.16. The van der Waals surface area contributed by atoms with Gasteiger partial charge in [-0.15, -0.1) is 0 Å². The highest BCUT2D eigenvalue weighted by atomic mass is 32.2. The molecule has 3 aromatic rings. The van der Waals surface area contributed by atoms with Gasteiger partial charge < -0.3 is 9.72 Å². The van der Waals surface area contributed by atoms with E-state index in [0.717, 1.165) is 5.56 Å². The number of aromatic nitrogens is 2. The quantitative estimate of drug-likeness (QED) is 0.719. The summed E-state index contributed by atoms with van der Waals surface area (Å²) in [5.41, 5.74) is 2.11. The van der Waals surface area contributed by atoms with Crippen LogP contribution >= 0.6 is 0 Å². The van der Waals surface area contributed by atoms with E-state index in [1.807, 2.05) is 0 Å². The third-order valence-corrected chi connectivity index (χ3v) is 5.55. The van der Waals surface area contributed by atoms with Crippen LogP contribution in [0.1, 0.15) is 11.1 Å². The molecular weight excluding hydrogens is 354 g/mol. The van der Waals surface area contributed by atoms with Gasteiger partial charge in [0.25, 0.3) is 10.0 Å². The number of nitrogens with one attached hydrogen (secondary N) is 2. The van der Waals surface area contributed by atoms with E-state index in [4.69, 9.17) is 4.74 Å². The highest BCUT2D eigenvalue weighted by Crippen LogP contribution is 2.27. The van der Waals surface area contributed by atoms with Crippen LogP contribution in [-0.2, 0) is 10.0 Å². The Labute approximate surface area is 151 Å². The van der Waals surface area contributed by atoms with Gasteiger partial charge in [-0.2, -0.15) is 0 Å². The van der Waals surface area contributed by atoms with E-state index in [2.05, 4.69) is 9.71 Å². The second-order valence-corrected chi connectivity index (χ2v) is 7.53. The van der Waals surface area contributed by atoms with Crippen molar-refractivity contribution in [1.29, 1.82) is 0 Å². The number of nitrogens with zero attached hydrogens (tertiary/aromatic N) is 1. The van der Waals surface area contributed by atoms with Gasteiger partial charge in [0, 0.05) is 18.1 Å². The number of benzene rings is 2. The van der Waals surface area contributed by atoms with Crippen molar-refractivity contribution in [3.8, 4) is 11.4 Å². The van der Waals surface area contributed by atoms with Gasteiger partial charge in [-0.3, -0.25) is 9.29 Å². The highest BCUT2D eigenvalue weighted by Gasteiger charge is 2.19. The van der Waals surface area contributed by atoms with Crippen LogP contribution in [0, 0.1) is 13.8 Å². The number of ether oxygens (including phenoxy) is 1. The molecule has 26 heavy (non-hydrogen) atoms. The number of methoxy groups -OCH3 is 1. The first kappa shape index (κ1) is 17.8. The Morgan fingerprint density at radius 1 is 1.08 bits per heavy atom. The van der Waals surface area contributed by atoms with Gasteiger partial charge in [0.1, 0.15) is 5.75 Å². The van der Waals surface area contributed by atoms with Crippen molar-refractivity contribution in [2.75, 3.05) is 11.8 Å². The Morgan fingerprint density at radius 3 is 2.35 bits per heavy atom. The van der Waals surface area contributed by atoms with Crippen LogP contribution in [0.5, 0.6) is 5.75 Å². The second-order valence-electron chi connectivity index (χ2n) is 5.87. The molecule has 0 aliphatic heterocycles. The molecule has 2 N–H and O–H groups in total. The van der Waals surface area contributed by atoms with Gasteiger partial charge in [0.15, 0.2) is 0 Å². The van der Waals surface area contributed by atoms with Crippen LogP contribution in [-0.4, -0.2) is 25.1 Å². The molecule has 0 aliphatic carbocycles. The summed E-state index contributed by atoms with van der Waals surface area (Å²) in [4.78, 5) is 14.4. The molecule has 1 aromatic heterocycles. The van der Waals surface area contributed by atoms with Gasteiger partial charge in [0.05, 0.1) is 17.7 Å². The summed E-state index contributed by atoms with van der Waals surface area (Å²) in [5.74, 6) is 0.641. The molecule has 0 radical (unpaired) electrons. The molecule has 0 amide bonds. The lowest BCUT2D eigenvalue weighted by molar-refractivity contribution is 0.411. The average molecular weight is 373 g/mol. The molecule has 0 unspecified atom stereocenters. The first-order valence-corrected chi connectivity index (χ1v) is 9.34. The Bertz CT molecular complexity index is 1100. The molecule has 1 heterocycles. The summed E-state index contributed by atoms with van der Waals surface area (Å²) in [6.07, 6.45) is 3.14. The fraction of sp³-hybridized carbons (Fsp3) is 0.167. The van der Waals surface area contributed by atoms with Crippen molar-refractivity contribution in [2.24, 2.45) is 0 Å². The maximum Gasteiger partial charge on any atom is 0.330 e. The predicted octanol–water partition coefficient (Wildman–Crippen LogP) is 2.59. The van der Waals surface area contributed by atoms with Gasteiger partial charge in [0.2, 0.25) is 0 Å². The van der Waals surface area contributed by atoms with Gasteiger partial charge in [-0.1, -0.05) is 0 Å². The normalized spacial score (nSPS) is 11.3. The molecular formula is C18H19N3O4S. The predicted molar refractivity (Wildman–Crippen MR) is 99.7 cm³/mol. The smallest absolute Gasteiger partial charge is 0.330 e. The summed E-state index contributed by atoms with van der Waals surface area (Å²) in [7, 11) is -2.20. The highest BCUT2D eigenvalue weighted by molar-refractivity contribution is 7.92. The van der Waals surface area contributed by atoms with Crippen molar-refractivity contribution >= 4 is 15.7 Å². The van der Waals surface area contributed by atoms with Crippen molar-refractivity contribution < 1.29 is 13.2 Å². The summed E-state index contributed by atoms with van der Waals surface area (Å²) < 4.78 is 34.7. The summed E-state index contributed by atoms with van der Waals surface area (Å²) in [6.45, 7) is 3.51. The number of H-pyrrole nitrogens is 1. The third-order valence-electron chi connectivity index (χ3n) is 4.03. The minimum absolute atomic E-state index is 0.196. The summed E-state index contributed by atoms with van der Waals surface area (Å²) >= 11 is 0. The van der Waals surface area contributed by atoms with E-state index in [9.17, 15) is 13.2 Å². The number of aryl methyl sites for hydroxylation is 2. The summed E-state index contributed by atoms with van der Waals surface area (Å²) in [5, 5.41) is 0. The average Bonchev–Trinajstić information content (AvgIpc) is 3.03. The van der Waals surface area contributed by atoms with E-state index in [1.165, 1.54) is 10.8 Å². The number of sulfonamides is 1. The Balaban J connectivity index is 1.90. The third kappa shape index (κ3) is 3.36. The van der Waals surface area contributed by atoms with E-state index < -0.39 is 10.0 Å². The molecule has 0 bridgehead atoms. The first-order chi connectivity index (χ1) is 12.3. The van der Waals surface area contributed by atoms with Crippen LogP contribution in [0.15, 0.2) is 58.5 Å². The number of hydrogen-bond donors (Lipinski definition) is 2. The Hall–Kier alpha value is -3.00. The van der Waals surface area contributed by atoms with Crippen molar-refractivity contribution in [2.45, 2.75) is 18.7 Å². The molecule has 7 nitrogen and oxygen atoms in total. The first-order valence-electron chi connectivity index (χ1n) is 7.86. The van der Waals surface area contributed by atoms with Gasteiger partial charge >= 0.3 is 5.69 Å². The molecule has 8 heteroatoms. The number of rotatable bonds is 5. The molecule has 136 valence electrons. The lowest BCUT2D eigenvalue weighted by atomic mass is 10.1. The van der Waals surface area contributed by atoms with E-state index in [0.29, 0.717) is 22.7 Å². The molecule has 0 saturated heterocycles. The minimum atomic E-state index is -3.75. The maximum atomic E-state index is 12.7. The van der Waals surface area contributed by atoms with Gasteiger partial charge in [-0.05, 0) is 61.4 Å². The maximum absolute atomic E-state index is 12.7. The van der Waals surface area contributed by atoms with Crippen molar-refractivity contribution in [3.63, 3.8) is 0 Å². The Kier molecular flexibility index (Phi) is 4.60. The topological polar surface area (TPSA) is 93.2 Å². The lowest BCUT2D eigenvalue weighted by Gasteiger charge is -2.13. The number of aromatic amines is 1. The SMILES string of the molecule is COc1cc(C)c(S(=O)(=O)Nc2ccc(-n3cc[nH]c3=O)cc2)cc1C. The zero-order valence-electron chi connectivity index (χ0n) is 14.6. The van der Waals surface area contributed by atoms with Crippen LogP contribution < -0.4 is 15.1 Å². The molecule has 0 saturated carbocycles. The minimum Gasteiger partial charge on any atom is -0.496 e. The van der Waals surface area contributed by atoms with Crippen LogP contribution in [0.25, 0.3) is 5.69 Å². The monoisotopic (exact) mass is 373 g/mol. The van der Waals surface area contributed by atoms with Gasteiger partial charge in [-0.25, -0.2) is 13.2 Å². The largest absolute Gasteiger partial charge is 0.496 e. The fourth-order valence-electron chi connectivity index (χ4n) is 2.70. The zero-order valence-corrected chi connectivity index (χ0v) is 15.4. The summed E-state index contributed by atoms with van der Waals surface area (Å²) in [6, 6.07) is 9.84. The zero-order chi connectivity index (χ0) is 18.9. The second kappa shape index (κ2) is 6.72. The molecule has 2 aromatic carbocycles. The van der Waals surface area contributed by atoms with Crippen LogP contribution in [0.4, 0.5) is 5.69 Å². The number of anilines is 1.